The molecule has 1 heterocycles. The maximum Gasteiger partial charge on any atom is 0.309 e. The van der Waals surface area contributed by atoms with Crippen molar-refractivity contribution in [3.05, 3.63) is 11.1 Å². The molecule has 1 aromatic rings. The molecule has 88 valence electrons. The molecule has 7 heteroatoms. The molecule has 0 fully saturated rings. The third-order valence-electron chi connectivity index (χ3n) is 1.76. The number of carboxylic acids is 1. The maximum absolute atomic E-state index is 11.3. The highest BCUT2D eigenvalue weighted by molar-refractivity contribution is 8.02. The van der Waals surface area contributed by atoms with E-state index in [0.717, 1.165) is 0 Å². The van der Waals surface area contributed by atoms with Crippen molar-refractivity contribution in [3.8, 4) is 0 Å². The predicted octanol–water partition coefficient (Wildman–Crippen LogP) is 0.997. The van der Waals surface area contributed by atoms with Gasteiger partial charge in [0.25, 0.3) is 0 Å². The van der Waals surface area contributed by atoms with Gasteiger partial charge in [-0.15, -0.1) is 11.3 Å². The van der Waals surface area contributed by atoms with Crippen LogP contribution in [0, 0.1) is 0 Å². The van der Waals surface area contributed by atoms with E-state index in [0.29, 0.717) is 10.0 Å². The Hall–Kier alpha value is -1.08. The smallest absolute Gasteiger partial charge is 0.309 e. The number of hydrogen-bond acceptors (Lipinski definition) is 5. The minimum atomic E-state index is -0.902. The molecule has 0 aromatic carbocycles. The molecule has 0 aliphatic carbocycles. The molecule has 1 amide bonds. The molecule has 0 bridgehead atoms. The number of carbonyl (C=O) groups is 2. The number of amides is 1. The van der Waals surface area contributed by atoms with Crippen LogP contribution in [0.4, 0.5) is 0 Å². The summed E-state index contributed by atoms with van der Waals surface area (Å²) in [6, 6.07) is 0. The van der Waals surface area contributed by atoms with Gasteiger partial charge in [0.1, 0.15) is 0 Å². The number of hydrogen-bond donors (Lipinski definition) is 2. The molecular formula is C9H12N2O3S2. The van der Waals surface area contributed by atoms with E-state index in [1.165, 1.54) is 23.1 Å². The lowest BCUT2D eigenvalue weighted by molar-refractivity contribution is -0.136. The van der Waals surface area contributed by atoms with Gasteiger partial charge in [-0.1, -0.05) is 11.8 Å². The second kappa shape index (κ2) is 5.86. The molecular weight excluding hydrogens is 248 g/mol. The van der Waals surface area contributed by atoms with E-state index in [1.807, 2.05) is 0 Å². The number of nitrogens with zero attached hydrogens (tertiary/aromatic N) is 1. The van der Waals surface area contributed by atoms with Gasteiger partial charge >= 0.3 is 5.97 Å². The van der Waals surface area contributed by atoms with Gasteiger partial charge in [-0.2, -0.15) is 0 Å². The van der Waals surface area contributed by atoms with Crippen molar-refractivity contribution in [2.24, 2.45) is 0 Å². The van der Waals surface area contributed by atoms with E-state index in [1.54, 1.807) is 19.4 Å². The lowest BCUT2D eigenvalue weighted by atomic mass is 10.3. The molecule has 2 N–H and O–H groups in total. The molecule has 1 aromatic heterocycles. The summed E-state index contributed by atoms with van der Waals surface area (Å²) in [6.07, 6.45) is -0.0780. The van der Waals surface area contributed by atoms with E-state index in [4.69, 9.17) is 5.11 Å². The van der Waals surface area contributed by atoms with Gasteiger partial charge in [-0.3, -0.25) is 9.59 Å². The molecule has 0 aliphatic heterocycles. The van der Waals surface area contributed by atoms with Crippen molar-refractivity contribution < 1.29 is 14.7 Å². The number of thiazole rings is 1. The molecule has 1 rings (SSSR count). The van der Waals surface area contributed by atoms with E-state index >= 15 is 0 Å². The minimum absolute atomic E-state index is 0.0695. The second-order valence-corrected chi connectivity index (χ2v) is 5.50. The van der Waals surface area contributed by atoms with Gasteiger partial charge in [0, 0.05) is 12.4 Å². The van der Waals surface area contributed by atoms with Gasteiger partial charge in [0.2, 0.25) is 5.91 Å². The summed E-state index contributed by atoms with van der Waals surface area (Å²) in [5.74, 6) is -0.971. The lowest BCUT2D eigenvalue weighted by Gasteiger charge is -2.06. The van der Waals surface area contributed by atoms with Crippen LogP contribution in [0.5, 0.6) is 0 Å². The van der Waals surface area contributed by atoms with Crippen molar-refractivity contribution in [2.45, 2.75) is 22.9 Å². The molecule has 0 saturated carbocycles. The SMILES string of the molecule is CNC(=O)C(C)Sc1nc(CC(=O)O)cs1. The van der Waals surface area contributed by atoms with Crippen molar-refractivity contribution >= 4 is 35.0 Å². The Morgan fingerprint density at radius 1 is 1.69 bits per heavy atom. The van der Waals surface area contributed by atoms with Crippen molar-refractivity contribution in [3.63, 3.8) is 0 Å². The first-order chi connectivity index (χ1) is 7.52. The van der Waals surface area contributed by atoms with Crippen LogP contribution in [-0.2, 0) is 16.0 Å². The molecule has 0 aliphatic rings. The van der Waals surface area contributed by atoms with Crippen LogP contribution in [0.2, 0.25) is 0 Å². The highest BCUT2D eigenvalue weighted by Gasteiger charge is 2.15. The zero-order valence-corrected chi connectivity index (χ0v) is 10.5. The van der Waals surface area contributed by atoms with Crippen LogP contribution < -0.4 is 5.32 Å². The Morgan fingerprint density at radius 2 is 2.38 bits per heavy atom. The molecule has 1 unspecified atom stereocenters. The number of nitrogens with one attached hydrogen (secondary N) is 1. The zero-order chi connectivity index (χ0) is 12.1. The number of aliphatic carboxylic acids is 1. The summed E-state index contributed by atoms with van der Waals surface area (Å²) in [6.45, 7) is 1.78. The first-order valence-corrected chi connectivity index (χ1v) is 6.33. The number of thioether (sulfide) groups is 1. The van der Waals surface area contributed by atoms with Crippen LogP contribution in [-0.4, -0.2) is 34.3 Å². The summed E-state index contributed by atoms with van der Waals surface area (Å²) in [7, 11) is 1.58. The molecule has 0 saturated heterocycles. The van der Waals surface area contributed by atoms with Gasteiger partial charge in [-0.25, -0.2) is 4.98 Å². The fraction of sp³-hybridized carbons (Fsp3) is 0.444. The minimum Gasteiger partial charge on any atom is -0.481 e. The topological polar surface area (TPSA) is 79.3 Å². The first kappa shape index (κ1) is 13.0. The summed E-state index contributed by atoms with van der Waals surface area (Å²) in [5.41, 5.74) is 0.532. The van der Waals surface area contributed by atoms with E-state index in [9.17, 15) is 9.59 Å². The van der Waals surface area contributed by atoms with E-state index in [2.05, 4.69) is 10.3 Å². The van der Waals surface area contributed by atoms with E-state index in [-0.39, 0.29) is 17.6 Å². The van der Waals surface area contributed by atoms with Gasteiger partial charge in [0.05, 0.1) is 17.4 Å². The van der Waals surface area contributed by atoms with Gasteiger partial charge < -0.3 is 10.4 Å². The quantitative estimate of drug-likeness (QED) is 0.772. The normalized spacial score (nSPS) is 12.1. The predicted molar refractivity (Wildman–Crippen MR) is 62.8 cm³/mol. The summed E-state index contributed by atoms with van der Waals surface area (Å²) in [4.78, 5) is 25.8. The van der Waals surface area contributed by atoms with Gasteiger partial charge in [-0.05, 0) is 6.92 Å². The Bertz CT molecular complexity index is 392. The standard InChI is InChI=1S/C9H12N2O3S2/c1-5(8(14)10-2)16-9-11-6(4-15-9)3-7(12)13/h4-5H,3H2,1-2H3,(H,10,14)(H,12,13). The summed E-state index contributed by atoms with van der Waals surface area (Å²) < 4.78 is 0.715. The second-order valence-electron chi connectivity index (χ2n) is 3.05. The summed E-state index contributed by atoms with van der Waals surface area (Å²) in [5, 5.41) is 12.6. The number of carboxylic acid groups (broad SMARTS) is 1. The van der Waals surface area contributed by atoms with E-state index < -0.39 is 5.97 Å². The lowest BCUT2D eigenvalue weighted by Crippen LogP contribution is -2.27. The van der Waals surface area contributed by atoms with Crippen LogP contribution in [0.1, 0.15) is 12.6 Å². The van der Waals surface area contributed by atoms with Crippen molar-refractivity contribution in [1.82, 2.24) is 10.3 Å². The van der Waals surface area contributed by atoms with Crippen LogP contribution in [0.3, 0.4) is 0 Å². The van der Waals surface area contributed by atoms with Crippen LogP contribution >= 0.6 is 23.1 Å². The zero-order valence-electron chi connectivity index (χ0n) is 8.89. The maximum atomic E-state index is 11.3. The van der Waals surface area contributed by atoms with Crippen molar-refractivity contribution in [1.29, 1.82) is 0 Å². The van der Waals surface area contributed by atoms with Crippen LogP contribution in [0.15, 0.2) is 9.72 Å². The number of aromatic nitrogens is 1. The fourth-order valence-corrected chi connectivity index (χ4v) is 3.03. The van der Waals surface area contributed by atoms with Crippen LogP contribution in [0.25, 0.3) is 0 Å². The largest absolute Gasteiger partial charge is 0.481 e. The molecule has 0 radical (unpaired) electrons. The Labute approximate surface area is 101 Å². The molecule has 0 spiro atoms. The average Bonchev–Trinajstić information content (AvgIpc) is 2.63. The molecule has 16 heavy (non-hydrogen) atoms. The third-order valence-corrected chi connectivity index (χ3v) is 3.88. The number of rotatable bonds is 5. The van der Waals surface area contributed by atoms with Gasteiger partial charge in [0.15, 0.2) is 4.34 Å². The third kappa shape index (κ3) is 3.82. The Kier molecular flexibility index (Phi) is 4.75. The monoisotopic (exact) mass is 260 g/mol. The van der Waals surface area contributed by atoms with Crippen molar-refractivity contribution in [2.75, 3.05) is 7.05 Å². The molecule has 1 atom stereocenters. The fourth-order valence-electron chi connectivity index (χ4n) is 0.987. The Balaban J connectivity index is 2.58. The number of carbonyl (C=O) groups excluding carboxylic acids is 1. The molecule has 5 nitrogen and oxygen atoms in total. The average molecular weight is 260 g/mol. The summed E-state index contributed by atoms with van der Waals surface area (Å²) >= 11 is 2.68. The highest BCUT2D eigenvalue weighted by Crippen LogP contribution is 2.26. The first-order valence-electron chi connectivity index (χ1n) is 4.57. The highest BCUT2D eigenvalue weighted by atomic mass is 32.2. The Morgan fingerprint density at radius 3 is 2.94 bits per heavy atom.